The number of piperazine rings is 1. The largest absolute Gasteiger partial charge is 0.368 e. The number of aromatic nitrogens is 1. The molecule has 1 aliphatic heterocycles. The number of benzene rings is 1. The molecule has 3 aliphatic rings. The molecule has 2 bridgehead atoms. The molecule has 6 heteroatoms. The smallest absolute Gasteiger partial charge is 0.278 e. The molecule has 3 atom stereocenters. The van der Waals surface area contributed by atoms with E-state index in [1.807, 2.05) is 12.1 Å². The number of hydrogen-bond acceptors (Lipinski definition) is 5. The Bertz CT molecular complexity index is 847. The summed E-state index contributed by atoms with van der Waals surface area (Å²) in [5, 5.41) is 12.9. The van der Waals surface area contributed by atoms with Crippen molar-refractivity contribution in [1.29, 1.82) is 0 Å². The summed E-state index contributed by atoms with van der Waals surface area (Å²) < 4.78 is 0. The Labute approximate surface area is 153 Å². The van der Waals surface area contributed by atoms with Gasteiger partial charge in [-0.1, -0.05) is 6.42 Å². The molecule has 2 saturated carbocycles. The highest BCUT2D eigenvalue weighted by Crippen LogP contribution is 2.47. The average molecular weight is 352 g/mol. The van der Waals surface area contributed by atoms with Gasteiger partial charge in [0.05, 0.1) is 10.3 Å². The number of hydrogen-bond donors (Lipinski definition) is 0. The Hall–Kier alpha value is -2.21. The third-order valence-electron chi connectivity index (χ3n) is 6.79. The molecule has 2 aromatic rings. The molecule has 6 nitrogen and oxygen atoms in total. The van der Waals surface area contributed by atoms with E-state index in [-0.39, 0.29) is 10.6 Å². The van der Waals surface area contributed by atoms with Gasteiger partial charge >= 0.3 is 0 Å². The van der Waals surface area contributed by atoms with Crippen molar-refractivity contribution in [3.63, 3.8) is 0 Å². The number of nitro groups is 1. The maximum atomic E-state index is 11.3. The van der Waals surface area contributed by atoms with Gasteiger partial charge < -0.3 is 4.90 Å². The van der Waals surface area contributed by atoms with Crippen molar-refractivity contribution in [2.45, 2.75) is 31.7 Å². The van der Waals surface area contributed by atoms with Gasteiger partial charge in [0.25, 0.3) is 5.69 Å². The zero-order valence-corrected chi connectivity index (χ0v) is 14.9. The summed E-state index contributed by atoms with van der Waals surface area (Å²) in [6, 6.07) is 6.24. The van der Waals surface area contributed by atoms with E-state index in [4.69, 9.17) is 0 Å². The monoisotopic (exact) mass is 352 g/mol. The van der Waals surface area contributed by atoms with Crippen LogP contribution in [0.15, 0.2) is 30.6 Å². The summed E-state index contributed by atoms with van der Waals surface area (Å²) in [7, 11) is 0. The molecule has 2 aliphatic carbocycles. The number of nitrogens with zero attached hydrogens (tertiary/aromatic N) is 4. The van der Waals surface area contributed by atoms with Crippen molar-refractivity contribution in [2.75, 3.05) is 31.1 Å². The fourth-order valence-corrected chi connectivity index (χ4v) is 5.55. The molecular weight excluding hydrogens is 328 g/mol. The molecule has 3 unspecified atom stereocenters. The van der Waals surface area contributed by atoms with E-state index in [0.29, 0.717) is 5.39 Å². The summed E-state index contributed by atoms with van der Waals surface area (Å²) >= 11 is 0. The van der Waals surface area contributed by atoms with Crippen molar-refractivity contribution in [3.8, 4) is 0 Å². The summed E-state index contributed by atoms with van der Waals surface area (Å²) in [5.74, 6) is 1.91. The lowest BCUT2D eigenvalue weighted by Crippen LogP contribution is -2.51. The van der Waals surface area contributed by atoms with Crippen molar-refractivity contribution in [1.82, 2.24) is 9.88 Å². The number of anilines is 1. The molecule has 136 valence electrons. The topological polar surface area (TPSA) is 62.5 Å². The van der Waals surface area contributed by atoms with E-state index in [2.05, 4.69) is 14.8 Å². The SMILES string of the molecule is O=[N+]([O-])c1ccc(N2CCN(C3CC4CCC3C4)CC2)c2ccncc12. The highest BCUT2D eigenvalue weighted by molar-refractivity contribution is 5.99. The number of pyridine rings is 1. The lowest BCUT2D eigenvalue weighted by molar-refractivity contribution is -0.383. The molecule has 0 amide bonds. The summed E-state index contributed by atoms with van der Waals surface area (Å²) in [4.78, 5) is 20.2. The van der Waals surface area contributed by atoms with Gasteiger partial charge in [-0.15, -0.1) is 0 Å². The van der Waals surface area contributed by atoms with Crippen LogP contribution in [0.5, 0.6) is 0 Å². The lowest BCUT2D eigenvalue weighted by atomic mass is 9.93. The van der Waals surface area contributed by atoms with Crippen LogP contribution in [-0.2, 0) is 0 Å². The minimum atomic E-state index is -0.319. The second-order valence-electron chi connectivity index (χ2n) is 8.05. The Morgan fingerprint density at radius 1 is 1.04 bits per heavy atom. The van der Waals surface area contributed by atoms with Gasteiger partial charge in [-0.3, -0.25) is 20.0 Å². The molecule has 3 fully saturated rings. The Morgan fingerprint density at radius 3 is 2.58 bits per heavy atom. The molecule has 5 rings (SSSR count). The van der Waals surface area contributed by atoms with E-state index in [0.717, 1.165) is 55.1 Å². The van der Waals surface area contributed by atoms with Gasteiger partial charge in [0.1, 0.15) is 0 Å². The zero-order chi connectivity index (χ0) is 17.7. The van der Waals surface area contributed by atoms with Crippen LogP contribution in [0.4, 0.5) is 11.4 Å². The predicted octanol–water partition coefficient (Wildman–Crippen LogP) is 3.45. The molecule has 2 heterocycles. The van der Waals surface area contributed by atoms with Gasteiger partial charge in [0.15, 0.2) is 0 Å². The standard InChI is InChI=1S/C20H24N4O2/c25-24(26)19-4-3-18(16-5-6-21-13-17(16)19)22-7-9-23(10-8-22)20-12-14-1-2-15(20)11-14/h3-6,13-15,20H,1-2,7-12H2. The fourth-order valence-electron chi connectivity index (χ4n) is 5.55. The number of nitro benzene ring substituents is 1. The Balaban J connectivity index is 1.37. The summed E-state index contributed by atoms with van der Waals surface area (Å²) in [6.45, 7) is 4.17. The van der Waals surface area contributed by atoms with Crippen LogP contribution < -0.4 is 4.90 Å². The van der Waals surface area contributed by atoms with Crippen LogP contribution in [0.3, 0.4) is 0 Å². The highest BCUT2D eigenvalue weighted by Gasteiger charge is 2.42. The van der Waals surface area contributed by atoms with Gasteiger partial charge in [0.2, 0.25) is 0 Å². The maximum Gasteiger partial charge on any atom is 0.278 e. The van der Waals surface area contributed by atoms with Gasteiger partial charge in [0, 0.05) is 61.8 Å². The van der Waals surface area contributed by atoms with Crippen LogP contribution in [0, 0.1) is 22.0 Å². The molecule has 0 spiro atoms. The van der Waals surface area contributed by atoms with Gasteiger partial charge in [-0.2, -0.15) is 0 Å². The number of non-ortho nitro benzene ring substituents is 1. The number of fused-ring (bicyclic) bond motifs is 3. The third kappa shape index (κ3) is 2.55. The van der Waals surface area contributed by atoms with Crippen LogP contribution >= 0.6 is 0 Å². The van der Waals surface area contributed by atoms with Crippen LogP contribution in [0.1, 0.15) is 25.7 Å². The predicted molar refractivity (Wildman–Crippen MR) is 101 cm³/mol. The molecule has 0 N–H and O–H groups in total. The van der Waals surface area contributed by atoms with Crippen LogP contribution in [-0.4, -0.2) is 47.0 Å². The second-order valence-corrected chi connectivity index (χ2v) is 8.05. The minimum absolute atomic E-state index is 0.137. The average Bonchev–Trinajstić information content (AvgIpc) is 3.31. The second kappa shape index (κ2) is 6.20. The maximum absolute atomic E-state index is 11.3. The van der Waals surface area contributed by atoms with E-state index < -0.39 is 0 Å². The highest BCUT2D eigenvalue weighted by atomic mass is 16.6. The molecule has 0 radical (unpaired) electrons. The Morgan fingerprint density at radius 2 is 1.88 bits per heavy atom. The van der Waals surface area contributed by atoms with Crippen LogP contribution in [0.2, 0.25) is 0 Å². The minimum Gasteiger partial charge on any atom is -0.368 e. The summed E-state index contributed by atoms with van der Waals surface area (Å²) in [5.41, 5.74) is 1.23. The molecular formula is C20H24N4O2. The van der Waals surface area contributed by atoms with E-state index in [9.17, 15) is 10.1 Å². The van der Waals surface area contributed by atoms with Gasteiger partial charge in [-0.25, -0.2) is 0 Å². The van der Waals surface area contributed by atoms with Crippen LogP contribution in [0.25, 0.3) is 10.8 Å². The zero-order valence-electron chi connectivity index (χ0n) is 14.9. The molecule has 1 saturated heterocycles. The van der Waals surface area contributed by atoms with E-state index in [1.54, 1.807) is 18.5 Å². The molecule has 1 aromatic carbocycles. The Kier molecular flexibility index (Phi) is 3.81. The summed E-state index contributed by atoms with van der Waals surface area (Å²) in [6.07, 6.45) is 9.06. The van der Waals surface area contributed by atoms with Crippen molar-refractivity contribution in [3.05, 3.63) is 40.7 Å². The number of rotatable bonds is 3. The quantitative estimate of drug-likeness (QED) is 0.625. The first-order valence-corrected chi connectivity index (χ1v) is 9.71. The fraction of sp³-hybridized carbons (Fsp3) is 0.550. The van der Waals surface area contributed by atoms with Crippen molar-refractivity contribution < 1.29 is 4.92 Å². The van der Waals surface area contributed by atoms with Crippen molar-refractivity contribution >= 4 is 22.1 Å². The normalized spacial score (nSPS) is 28.8. The van der Waals surface area contributed by atoms with Crippen molar-refractivity contribution in [2.24, 2.45) is 11.8 Å². The van der Waals surface area contributed by atoms with Gasteiger partial charge in [-0.05, 0) is 43.2 Å². The lowest BCUT2D eigenvalue weighted by Gasteiger charge is -2.42. The first-order chi connectivity index (χ1) is 12.7. The van der Waals surface area contributed by atoms with E-state index >= 15 is 0 Å². The van der Waals surface area contributed by atoms with E-state index in [1.165, 1.54) is 25.7 Å². The first-order valence-electron chi connectivity index (χ1n) is 9.71. The molecule has 26 heavy (non-hydrogen) atoms. The third-order valence-corrected chi connectivity index (χ3v) is 6.79. The first kappa shape index (κ1) is 16.0. The molecule has 1 aromatic heterocycles.